The summed E-state index contributed by atoms with van der Waals surface area (Å²) >= 11 is 0. The van der Waals surface area contributed by atoms with Crippen molar-refractivity contribution < 1.29 is 14.3 Å². The standard InChI is InChI=1S/C21H25NO3/c1-4-25-20(23)13-12-17-9-5-6-10-18(17)14-22-21(24)19-11-7-8-15(2)16(19)3/h5-11H,4,12-14H2,1-3H3,(H,22,24). The molecule has 4 nitrogen and oxygen atoms in total. The Morgan fingerprint density at radius 1 is 1.00 bits per heavy atom. The molecule has 2 aromatic rings. The number of nitrogens with one attached hydrogen (secondary N) is 1. The van der Waals surface area contributed by atoms with Crippen LogP contribution in [-0.4, -0.2) is 18.5 Å². The molecule has 2 aromatic carbocycles. The second kappa shape index (κ2) is 9.02. The number of hydrogen-bond acceptors (Lipinski definition) is 3. The van der Waals surface area contributed by atoms with E-state index in [1.165, 1.54) is 0 Å². The van der Waals surface area contributed by atoms with Crippen LogP contribution in [0.1, 0.15) is 46.0 Å². The number of carbonyl (C=O) groups excluding carboxylic acids is 2. The van der Waals surface area contributed by atoms with E-state index in [1.54, 1.807) is 6.92 Å². The molecular weight excluding hydrogens is 314 g/mol. The first-order valence-corrected chi connectivity index (χ1v) is 8.59. The Hall–Kier alpha value is -2.62. The van der Waals surface area contributed by atoms with Gasteiger partial charge in [-0.25, -0.2) is 0 Å². The van der Waals surface area contributed by atoms with E-state index in [1.807, 2.05) is 56.3 Å². The molecule has 0 aliphatic heterocycles. The number of esters is 1. The third-order valence-electron chi connectivity index (χ3n) is 4.31. The second-order valence-electron chi connectivity index (χ2n) is 6.00. The summed E-state index contributed by atoms with van der Waals surface area (Å²) < 4.78 is 4.98. The maximum Gasteiger partial charge on any atom is 0.306 e. The van der Waals surface area contributed by atoms with Crippen LogP contribution in [0, 0.1) is 13.8 Å². The normalized spacial score (nSPS) is 10.4. The van der Waals surface area contributed by atoms with E-state index in [4.69, 9.17) is 4.74 Å². The van der Waals surface area contributed by atoms with Crippen LogP contribution in [-0.2, 0) is 22.5 Å². The number of rotatable bonds is 7. The zero-order valence-electron chi connectivity index (χ0n) is 15.1. The van der Waals surface area contributed by atoms with Gasteiger partial charge in [0.15, 0.2) is 0 Å². The van der Waals surface area contributed by atoms with Crippen molar-refractivity contribution in [2.24, 2.45) is 0 Å². The summed E-state index contributed by atoms with van der Waals surface area (Å²) in [5.41, 5.74) is 4.87. The average molecular weight is 339 g/mol. The van der Waals surface area contributed by atoms with Crippen LogP contribution in [0.3, 0.4) is 0 Å². The molecule has 0 radical (unpaired) electrons. The average Bonchev–Trinajstić information content (AvgIpc) is 2.61. The van der Waals surface area contributed by atoms with Gasteiger partial charge in [0.05, 0.1) is 6.61 Å². The van der Waals surface area contributed by atoms with Gasteiger partial charge in [-0.1, -0.05) is 36.4 Å². The molecule has 0 aromatic heterocycles. The summed E-state index contributed by atoms with van der Waals surface area (Å²) in [5.74, 6) is -0.280. The van der Waals surface area contributed by atoms with Crippen LogP contribution in [0.2, 0.25) is 0 Å². The van der Waals surface area contributed by atoms with Crippen LogP contribution < -0.4 is 5.32 Å². The van der Waals surface area contributed by atoms with Crippen molar-refractivity contribution >= 4 is 11.9 Å². The molecule has 1 N–H and O–H groups in total. The van der Waals surface area contributed by atoms with E-state index < -0.39 is 0 Å². The first-order valence-electron chi connectivity index (χ1n) is 8.59. The molecule has 0 saturated carbocycles. The Balaban J connectivity index is 2.02. The third-order valence-corrected chi connectivity index (χ3v) is 4.31. The molecule has 25 heavy (non-hydrogen) atoms. The van der Waals surface area contributed by atoms with Gasteiger partial charge in [0.1, 0.15) is 0 Å². The first-order chi connectivity index (χ1) is 12.0. The molecule has 132 valence electrons. The molecule has 0 spiro atoms. The number of amides is 1. The van der Waals surface area contributed by atoms with Crippen molar-refractivity contribution in [2.45, 2.75) is 40.2 Å². The fourth-order valence-electron chi connectivity index (χ4n) is 2.71. The lowest BCUT2D eigenvalue weighted by molar-refractivity contribution is -0.143. The summed E-state index contributed by atoms with van der Waals surface area (Å²) in [4.78, 5) is 24.0. The molecule has 0 unspecified atom stereocenters. The lowest BCUT2D eigenvalue weighted by Gasteiger charge is -2.12. The van der Waals surface area contributed by atoms with E-state index in [-0.39, 0.29) is 11.9 Å². The minimum absolute atomic E-state index is 0.0820. The lowest BCUT2D eigenvalue weighted by Crippen LogP contribution is -2.24. The van der Waals surface area contributed by atoms with Crippen molar-refractivity contribution in [3.8, 4) is 0 Å². The molecular formula is C21H25NO3. The van der Waals surface area contributed by atoms with E-state index >= 15 is 0 Å². The number of benzene rings is 2. The summed E-state index contributed by atoms with van der Waals surface area (Å²) in [7, 11) is 0. The van der Waals surface area contributed by atoms with E-state index in [2.05, 4.69) is 5.32 Å². The predicted molar refractivity (Wildman–Crippen MR) is 98.5 cm³/mol. The van der Waals surface area contributed by atoms with E-state index in [0.29, 0.717) is 31.6 Å². The van der Waals surface area contributed by atoms with Crippen molar-refractivity contribution in [3.05, 3.63) is 70.3 Å². The number of ether oxygens (including phenoxy) is 1. The smallest absolute Gasteiger partial charge is 0.306 e. The second-order valence-corrected chi connectivity index (χ2v) is 6.00. The lowest BCUT2D eigenvalue weighted by atomic mass is 10.0. The Kier molecular flexibility index (Phi) is 6.75. The van der Waals surface area contributed by atoms with Crippen LogP contribution >= 0.6 is 0 Å². The van der Waals surface area contributed by atoms with Gasteiger partial charge in [-0.05, 0) is 55.5 Å². The molecule has 4 heteroatoms. The monoisotopic (exact) mass is 339 g/mol. The Labute approximate surface area is 149 Å². The van der Waals surface area contributed by atoms with Crippen molar-refractivity contribution in [1.82, 2.24) is 5.32 Å². The molecule has 0 aliphatic rings. The minimum atomic E-state index is -0.197. The molecule has 0 saturated heterocycles. The SMILES string of the molecule is CCOC(=O)CCc1ccccc1CNC(=O)c1cccc(C)c1C. The van der Waals surface area contributed by atoms with Gasteiger partial charge < -0.3 is 10.1 Å². The third kappa shape index (κ3) is 5.18. The molecule has 0 bridgehead atoms. The highest BCUT2D eigenvalue weighted by Crippen LogP contribution is 2.14. The number of aryl methyl sites for hydroxylation is 2. The topological polar surface area (TPSA) is 55.4 Å². The van der Waals surface area contributed by atoms with Gasteiger partial charge in [-0.3, -0.25) is 9.59 Å². The fraction of sp³-hybridized carbons (Fsp3) is 0.333. The van der Waals surface area contributed by atoms with Crippen molar-refractivity contribution in [2.75, 3.05) is 6.61 Å². The molecule has 0 aliphatic carbocycles. The Morgan fingerprint density at radius 3 is 2.44 bits per heavy atom. The van der Waals surface area contributed by atoms with Gasteiger partial charge in [-0.2, -0.15) is 0 Å². The molecule has 1 amide bonds. The quantitative estimate of drug-likeness (QED) is 0.782. The predicted octanol–water partition coefficient (Wildman–Crippen LogP) is 3.73. The minimum Gasteiger partial charge on any atom is -0.466 e. The molecule has 0 atom stereocenters. The van der Waals surface area contributed by atoms with E-state index in [9.17, 15) is 9.59 Å². The van der Waals surface area contributed by atoms with E-state index in [0.717, 1.165) is 22.3 Å². The Morgan fingerprint density at radius 2 is 1.72 bits per heavy atom. The Bertz CT molecular complexity index is 753. The maximum atomic E-state index is 12.5. The highest BCUT2D eigenvalue weighted by Gasteiger charge is 2.11. The highest BCUT2D eigenvalue weighted by molar-refractivity contribution is 5.95. The van der Waals surface area contributed by atoms with Crippen LogP contribution in [0.5, 0.6) is 0 Å². The number of carbonyl (C=O) groups is 2. The van der Waals surface area contributed by atoms with Gasteiger partial charge in [-0.15, -0.1) is 0 Å². The molecule has 2 rings (SSSR count). The summed E-state index contributed by atoms with van der Waals surface area (Å²) in [6.07, 6.45) is 0.949. The van der Waals surface area contributed by atoms with Gasteiger partial charge in [0.2, 0.25) is 0 Å². The largest absolute Gasteiger partial charge is 0.466 e. The summed E-state index contributed by atoms with van der Waals surface area (Å²) in [5, 5.41) is 2.98. The zero-order chi connectivity index (χ0) is 18.2. The van der Waals surface area contributed by atoms with Gasteiger partial charge in [0.25, 0.3) is 5.91 Å². The van der Waals surface area contributed by atoms with Crippen molar-refractivity contribution in [1.29, 1.82) is 0 Å². The number of hydrogen-bond donors (Lipinski definition) is 1. The fourth-order valence-corrected chi connectivity index (χ4v) is 2.71. The first kappa shape index (κ1) is 18.7. The zero-order valence-corrected chi connectivity index (χ0v) is 15.1. The van der Waals surface area contributed by atoms with Gasteiger partial charge >= 0.3 is 5.97 Å². The summed E-state index contributed by atoms with van der Waals surface area (Å²) in [6, 6.07) is 13.6. The highest BCUT2D eigenvalue weighted by atomic mass is 16.5. The van der Waals surface area contributed by atoms with Crippen molar-refractivity contribution in [3.63, 3.8) is 0 Å². The van der Waals surface area contributed by atoms with Gasteiger partial charge in [0, 0.05) is 18.5 Å². The molecule has 0 fully saturated rings. The van der Waals surface area contributed by atoms with Crippen LogP contribution in [0.4, 0.5) is 0 Å². The summed E-state index contributed by atoms with van der Waals surface area (Å²) in [6.45, 7) is 6.58. The maximum absolute atomic E-state index is 12.5. The molecule has 0 heterocycles. The van der Waals surface area contributed by atoms with Crippen LogP contribution in [0.15, 0.2) is 42.5 Å². The van der Waals surface area contributed by atoms with Crippen LogP contribution in [0.25, 0.3) is 0 Å².